The number of halogens is 1. The van der Waals surface area contributed by atoms with E-state index >= 15 is 0 Å². The number of esters is 1. The van der Waals surface area contributed by atoms with Gasteiger partial charge in [0.05, 0.1) is 5.92 Å². The van der Waals surface area contributed by atoms with Gasteiger partial charge in [-0.3, -0.25) is 9.59 Å². The smallest absolute Gasteiger partial charge is 0.313 e. The van der Waals surface area contributed by atoms with Gasteiger partial charge in [-0.1, -0.05) is 42.5 Å². The minimum Gasteiger partial charge on any atom is -0.455 e. The summed E-state index contributed by atoms with van der Waals surface area (Å²) in [5.74, 6) is -1.83. The summed E-state index contributed by atoms with van der Waals surface area (Å²) in [6, 6.07) is 13.9. The molecule has 0 bridgehead atoms. The molecule has 0 saturated heterocycles. The third-order valence-corrected chi connectivity index (χ3v) is 4.39. The normalized spacial score (nSPS) is 11.7. The molecular formula is C21H24FNO3. The van der Waals surface area contributed by atoms with Crippen molar-refractivity contribution in [1.29, 1.82) is 0 Å². The van der Waals surface area contributed by atoms with Gasteiger partial charge in [-0.05, 0) is 38.0 Å². The molecule has 0 aliphatic heterocycles. The van der Waals surface area contributed by atoms with Crippen LogP contribution >= 0.6 is 0 Å². The summed E-state index contributed by atoms with van der Waals surface area (Å²) in [6.45, 7) is 6.20. The minimum atomic E-state index is -0.654. The molecule has 0 heterocycles. The van der Waals surface area contributed by atoms with Crippen molar-refractivity contribution in [1.82, 2.24) is 4.90 Å². The molecule has 4 nitrogen and oxygen atoms in total. The number of carbonyl (C=O) groups excluding carboxylic acids is 2. The van der Waals surface area contributed by atoms with E-state index in [0.29, 0.717) is 24.2 Å². The lowest BCUT2D eigenvalue weighted by atomic mass is 9.97. The van der Waals surface area contributed by atoms with E-state index in [1.807, 2.05) is 44.2 Å². The van der Waals surface area contributed by atoms with Gasteiger partial charge in [0, 0.05) is 18.7 Å². The molecule has 0 aromatic heterocycles. The maximum Gasteiger partial charge on any atom is 0.313 e. The van der Waals surface area contributed by atoms with Crippen LogP contribution in [0.4, 0.5) is 4.39 Å². The molecule has 0 saturated carbocycles. The lowest BCUT2D eigenvalue weighted by Crippen LogP contribution is -2.34. The van der Waals surface area contributed by atoms with Gasteiger partial charge in [-0.25, -0.2) is 4.39 Å². The van der Waals surface area contributed by atoms with Gasteiger partial charge in [0.1, 0.15) is 5.82 Å². The van der Waals surface area contributed by atoms with E-state index in [2.05, 4.69) is 0 Å². The van der Waals surface area contributed by atoms with Crippen molar-refractivity contribution in [3.8, 4) is 11.1 Å². The van der Waals surface area contributed by atoms with Crippen LogP contribution in [-0.2, 0) is 14.3 Å². The van der Waals surface area contributed by atoms with E-state index in [0.717, 1.165) is 5.56 Å². The summed E-state index contributed by atoms with van der Waals surface area (Å²) in [5.41, 5.74) is 1.77. The largest absolute Gasteiger partial charge is 0.455 e. The highest BCUT2D eigenvalue weighted by molar-refractivity contribution is 5.83. The summed E-state index contributed by atoms with van der Waals surface area (Å²) < 4.78 is 19.6. The number of benzene rings is 2. The average Bonchev–Trinajstić information content (AvgIpc) is 2.67. The van der Waals surface area contributed by atoms with Gasteiger partial charge in [-0.2, -0.15) is 0 Å². The number of carbonyl (C=O) groups is 2. The summed E-state index contributed by atoms with van der Waals surface area (Å²) in [7, 11) is 0. The van der Waals surface area contributed by atoms with Crippen molar-refractivity contribution in [2.75, 3.05) is 19.7 Å². The van der Waals surface area contributed by atoms with Crippen LogP contribution in [0.3, 0.4) is 0 Å². The molecule has 26 heavy (non-hydrogen) atoms. The zero-order chi connectivity index (χ0) is 19.1. The molecule has 0 unspecified atom stereocenters. The minimum absolute atomic E-state index is 0.235. The molecule has 138 valence electrons. The molecule has 0 aliphatic rings. The topological polar surface area (TPSA) is 46.6 Å². The molecule has 1 amide bonds. The van der Waals surface area contributed by atoms with E-state index in [1.165, 1.54) is 6.07 Å². The Morgan fingerprint density at radius 2 is 1.73 bits per heavy atom. The standard InChI is InChI=1S/C21H24FNO3/c1-4-23(5-2)20(24)14-26-21(25)15(3)17-11-12-18(19(22)13-17)16-9-7-6-8-10-16/h6-13,15H,4-5,14H2,1-3H3/t15-/m1/s1. The predicted molar refractivity (Wildman–Crippen MR) is 99.1 cm³/mol. The molecule has 2 aromatic rings. The molecule has 2 aromatic carbocycles. The Morgan fingerprint density at radius 1 is 1.08 bits per heavy atom. The Morgan fingerprint density at radius 3 is 2.31 bits per heavy atom. The first kappa shape index (κ1) is 19.6. The Kier molecular flexibility index (Phi) is 6.89. The highest BCUT2D eigenvalue weighted by Crippen LogP contribution is 2.26. The third kappa shape index (κ3) is 4.69. The molecule has 1 atom stereocenters. The van der Waals surface area contributed by atoms with Gasteiger partial charge in [-0.15, -0.1) is 0 Å². The van der Waals surface area contributed by atoms with E-state index in [-0.39, 0.29) is 12.5 Å². The van der Waals surface area contributed by atoms with Gasteiger partial charge in [0.15, 0.2) is 6.61 Å². The molecule has 0 spiro atoms. The van der Waals surface area contributed by atoms with Crippen LogP contribution in [-0.4, -0.2) is 36.5 Å². The van der Waals surface area contributed by atoms with E-state index < -0.39 is 17.7 Å². The lowest BCUT2D eigenvalue weighted by Gasteiger charge is -2.19. The van der Waals surface area contributed by atoms with Crippen molar-refractivity contribution in [2.45, 2.75) is 26.7 Å². The highest BCUT2D eigenvalue weighted by atomic mass is 19.1. The van der Waals surface area contributed by atoms with Gasteiger partial charge >= 0.3 is 5.97 Å². The summed E-state index contributed by atoms with van der Waals surface area (Å²) in [5, 5.41) is 0. The molecule has 0 fully saturated rings. The number of ether oxygens (including phenoxy) is 1. The Hall–Kier alpha value is -2.69. The Bertz CT molecular complexity index is 757. The quantitative estimate of drug-likeness (QED) is 0.704. The molecule has 2 rings (SSSR count). The highest BCUT2D eigenvalue weighted by Gasteiger charge is 2.20. The molecule has 0 aliphatic carbocycles. The average molecular weight is 357 g/mol. The number of likely N-dealkylation sites (N-methyl/N-ethyl adjacent to an activating group) is 1. The third-order valence-electron chi connectivity index (χ3n) is 4.39. The van der Waals surface area contributed by atoms with Crippen LogP contribution in [0.2, 0.25) is 0 Å². The number of hydrogen-bond acceptors (Lipinski definition) is 3. The van der Waals surface area contributed by atoms with Gasteiger partial charge in [0.2, 0.25) is 0 Å². The first-order chi connectivity index (χ1) is 12.5. The van der Waals surface area contributed by atoms with E-state index in [4.69, 9.17) is 4.74 Å². The molecule has 5 heteroatoms. The van der Waals surface area contributed by atoms with Gasteiger partial charge < -0.3 is 9.64 Å². The molecule has 0 radical (unpaired) electrons. The maximum absolute atomic E-state index is 14.5. The van der Waals surface area contributed by atoms with Crippen LogP contribution in [0.15, 0.2) is 48.5 Å². The lowest BCUT2D eigenvalue weighted by molar-refractivity contribution is -0.152. The van der Waals surface area contributed by atoms with E-state index in [9.17, 15) is 14.0 Å². The van der Waals surface area contributed by atoms with Crippen molar-refractivity contribution >= 4 is 11.9 Å². The zero-order valence-electron chi connectivity index (χ0n) is 15.4. The monoisotopic (exact) mass is 357 g/mol. The number of amides is 1. The second kappa shape index (κ2) is 9.13. The molecule has 0 N–H and O–H groups in total. The number of nitrogens with zero attached hydrogens (tertiary/aromatic N) is 1. The maximum atomic E-state index is 14.5. The van der Waals surface area contributed by atoms with Crippen molar-refractivity contribution in [3.05, 3.63) is 59.9 Å². The van der Waals surface area contributed by atoms with E-state index in [1.54, 1.807) is 24.0 Å². The van der Waals surface area contributed by atoms with Crippen LogP contribution in [0.1, 0.15) is 32.3 Å². The first-order valence-corrected chi connectivity index (χ1v) is 8.77. The van der Waals surface area contributed by atoms with Crippen LogP contribution in [0.5, 0.6) is 0 Å². The second-order valence-corrected chi connectivity index (χ2v) is 6.00. The zero-order valence-corrected chi connectivity index (χ0v) is 15.4. The summed E-state index contributed by atoms with van der Waals surface area (Å²) >= 11 is 0. The van der Waals surface area contributed by atoms with Crippen molar-refractivity contribution in [3.63, 3.8) is 0 Å². The van der Waals surface area contributed by atoms with Crippen LogP contribution in [0.25, 0.3) is 11.1 Å². The van der Waals surface area contributed by atoms with Crippen LogP contribution in [0, 0.1) is 5.82 Å². The van der Waals surface area contributed by atoms with Crippen molar-refractivity contribution < 1.29 is 18.7 Å². The summed E-state index contributed by atoms with van der Waals surface area (Å²) in [6.07, 6.45) is 0. The SMILES string of the molecule is CCN(CC)C(=O)COC(=O)[C@H](C)c1ccc(-c2ccccc2)c(F)c1. The van der Waals surface area contributed by atoms with Crippen molar-refractivity contribution in [2.24, 2.45) is 0 Å². The fourth-order valence-electron chi connectivity index (χ4n) is 2.71. The Labute approximate surface area is 153 Å². The number of rotatable bonds is 7. The number of hydrogen-bond donors (Lipinski definition) is 0. The van der Waals surface area contributed by atoms with Crippen LogP contribution < -0.4 is 0 Å². The second-order valence-electron chi connectivity index (χ2n) is 6.00. The Balaban J connectivity index is 2.05. The fourth-order valence-corrected chi connectivity index (χ4v) is 2.71. The fraction of sp³-hybridized carbons (Fsp3) is 0.333. The predicted octanol–water partition coefficient (Wildman–Crippen LogP) is 4.01. The van der Waals surface area contributed by atoms with Gasteiger partial charge in [0.25, 0.3) is 5.91 Å². The molecular weight excluding hydrogens is 333 g/mol. The summed E-state index contributed by atoms with van der Waals surface area (Å²) in [4.78, 5) is 25.7. The first-order valence-electron chi connectivity index (χ1n) is 8.77.